The molecule has 1 atom stereocenters. The molecule has 0 fully saturated rings. The summed E-state index contributed by atoms with van der Waals surface area (Å²) in [5.74, 6) is 0. The Labute approximate surface area is 99.3 Å². The van der Waals surface area contributed by atoms with E-state index >= 15 is 0 Å². The monoisotopic (exact) mass is 236 g/mol. The molecule has 2 heterocycles. The number of nitrogens with one attached hydrogen (secondary N) is 1. The lowest BCUT2D eigenvalue weighted by Gasteiger charge is -2.17. The third-order valence-electron chi connectivity index (χ3n) is 2.56. The number of pyridine rings is 1. The van der Waals surface area contributed by atoms with E-state index in [0.29, 0.717) is 5.02 Å². The van der Waals surface area contributed by atoms with Crippen LogP contribution in [0, 0.1) is 0 Å². The smallest absolute Gasteiger partial charge is 0.0761 e. The minimum Gasteiger partial charge on any atom is -0.308 e. The summed E-state index contributed by atoms with van der Waals surface area (Å²) in [7, 11) is 3.81. The Morgan fingerprint density at radius 3 is 2.75 bits per heavy atom. The standard InChI is InChI=1S/C11H13ClN4/c1-13-11(10-4-6-15-16(10)2)8-3-5-14-7-9(8)12/h3-7,11,13H,1-2H3. The van der Waals surface area contributed by atoms with Crippen LogP contribution in [-0.4, -0.2) is 21.8 Å². The summed E-state index contributed by atoms with van der Waals surface area (Å²) in [5.41, 5.74) is 2.07. The van der Waals surface area contributed by atoms with E-state index in [0.717, 1.165) is 11.3 Å². The average molecular weight is 237 g/mol. The van der Waals surface area contributed by atoms with E-state index in [1.807, 2.05) is 30.9 Å². The van der Waals surface area contributed by atoms with Crippen LogP contribution < -0.4 is 5.32 Å². The van der Waals surface area contributed by atoms with Crippen LogP contribution in [0.5, 0.6) is 0 Å². The first-order valence-corrected chi connectivity index (χ1v) is 5.36. The molecule has 1 unspecified atom stereocenters. The number of hydrogen-bond acceptors (Lipinski definition) is 3. The van der Waals surface area contributed by atoms with Gasteiger partial charge in [-0.25, -0.2) is 0 Å². The van der Waals surface area contributed by atoms with Crippen molar-refractivity contribution in [2.24, 2.45) is 7.05 Å². The topological polar surface area (TPSA) is 42.7 Å². The van der Waals surface area contributed by atoms with Crippen LogP contribution in [0.1, 0.15) is 17.3 Å². The largest absolute Gasteiger partial charge is 0.308 e. The van der Waals surface area contributed by atoms with Gasteiger partial charge in [0.2, 0.25) is 0 Å². The van der Waals surface area contributed by atoms with Gasteiger partial charge in [-0.2, -0.15) is 5.10 Å². The Morgan fingerprint density at radius 1 is 1.38 bits per heavy atom. The summed E-state index contributed by atoms with van der Waals surface area (Å²) in [5, 5.41) is 8.04. The van der Waals surface area contributed by atoms with Gasteiger partial charge in [-0.1, -0.05) is 11.6 Å². The fourth-order valence-corrected chi connectivity index (χ4v) is 1.98. The third kappa shape index (κ3) is 1.94. The second-order valence-electron chi connectivity index (χ2n) is 3.50. The molecule has 0 radical (unpaired) electrons. The summed E-state index contributed by atoms with van der Waals surface area (Å²) in [6, 6.07) is 3.91. The molecule has 0 saturated carbocycles. The summed E-state index contributed by atoms with van der Waals surface area (Å²) >= 11 is 6.13. The van der Waals surface area contributed by atoms with Crippen LogP contribution in [0.15, 0.2) is 30.7 Å². The molecule has 84 valence electrons. The molecule has 0 saturated heterocycles. The van der Waals surface area contributed by atoms with Crippen LogP contribution in [0.2, 0.25) is 5.02 Å². The van der Waals surface area contributed by atoms with Gasteiger partial charge in [0.25, 0.3) is 0 Å². The molecule has 0 amide bonds. The van der Waals surface area contributed by atoms with Crippen molar-refractivity contribution in [1.82, 2.24) is 20.1 Å². The van der Waals surface area contributed by atoms with E-state index in [1.165, 1.54) is 0 Å². The molecule has 0 bridgehead atoms. The van der Waals surface area contributed by atoms with Crippen molar-refractivity contribution in [1.29, 1.82) is 0 Å². The van der Waals surface area contributed by atoms with Crippen LogP contribution in [0.4, 0.5) is 0 Å². The van der Waals surface area contributed by atoms with Gasteiger partial charge in [-0.3, -0.25) is 9.67 Å². The number of aryl methyl sites for hydroxylation is 1. The predicted molar refractivity (Wildman–Crippen MR) is 63.4 cm³/mol. The van der Waals surface area contributed by atoms with Gasteiger partial charge in [0.05, 0.1) is 16.8 Å². The molecule has 2 aromatic rings. The highest BCUT2D eigenvalue weighted by Gasteiger charge is 2.17. The average Bonchev–Trinajstić information content (AvgIpc) is 2.69. The zero-order chi connectivity index (χ0) is 11.5. The van der Waals surface area contributed by atoms with Gasteiger partial charge in [-0.15, -0.1) is 0 Å². The minimum atomic E-state index is 0.0306. The lowest BCUT2D eigenvalue weighted by Crippen LogP contribution is -2.21. The molecule has 0 aliphatic heterocycles. The number of rotatable bonds is 3. The molecule has 5 heteroatoms. The maximum absolute atomic E-state index is 6.13. The third-order valence-corrected chi connectivity index (χ3v) is 2.87. The van der Waals surface area contributed by atoms with Crippen molar-refractivity contribution >= 4 is 11.6 Å². The van der Waals surface area contributed by atoms with E-state index in [-0.39, 0.29) is 6.04 Å². The molecule has 2 aromatic heterocycles. The predicted octanol–water partition coefficient (Wildman–Crippen LogP) is 1.78. The fraction of sp³-hybridized carbons (Fsp3) is 0.273. The summed E-state index contributed by atoms with van der Waals surface area (Å²) in [6.07, 6.45) is 5.16. The minimum absolute atomic E-state index is 0.0306. The first-order valence-electron chi connectivity index (χ1n) is 4.98. The highest BCUT2D eigenvalue weighted by Crippen LogP contribution is 2.26. The first kappa shape index (κ1) is 11.1. The molecule has 0 aliphatic rings. The molecule has 2 rings (SSSR count). The van der Waals surface area contributed by atoms with Crippen molar-refractivity contribution in [3.05, 3.63) is 47.0 Å². The van der Waals surface area contributed by atoms with E-state index in [2.05, 4.69) is 15.4 Å². The normalized spacial score (nSPS) is 12.7. The molecule has 0 aliphatic carbocycles. The van der Waals surface area contributed by atoms with E-state index in [4.69, 9.17) is 11.6 Å². The van der Waals surface area contributed by atoms with Crippen molar-refractivity contribution in [3.63, 3.8) is 0 Å². The Morgan fingerprint density at radius 2 is 2.19 bits per heavy atom. The Bertz CT molecular complexity index is 480. The number of halogens is 1. The van der Waals surface area contributed by atoms with Crippen LogP contribution >= 0.6 is 11.6 Å². The fourth-order valence-electron chi connectivity index (χ4n) is 1.75. The van der Waals surface area contributed by atoms with Crippen molar-refractivity contribution < 1.29 is 0 Å². The highest BCUT2D eigenvalue weighted by atomic mass is 35.5. The summed E-state index contributed by atoms with van der Waals surface area (Å²) in [4.78, 5) is 3.98. The number of nitrogens with zero attached hydrogens (tertiary/aromatic N) is 3. The van der Waals surface area contributed by atoms with E-state index in [1.54, 1.807) is 18.6 Å². The van der Waals surface area contributed by atoms with Gasteiger partial charge in [0.1, 0.15) is 0 Å². The van der Waals surface area contributed by atoms with Gasteiger partial charge in [0.15, 0.2) is 0 Å². The molecule has 16 heavy (non-hydrogen) atoms. The second-order valence-corrected chi connectivity index (χ2v) is 3.91. The lowest BCUT2D eigenvalue weighted by atomic mass is 10.1. The molecule has 0 aromatic carbocycles. The summed E-state index contributed by atoms with van der Waals surface area (Å²) < 4.78 is 1.83. The van der Waals surface area contributed by atoms with Crippen molar-refractivity contribution in [2.75, 3.05) is 7.05 Å². The molecule has 0 spiro atoms. The van der Waals surface area contributed by atoms with Crippen LogP contribution in [0.3, 0.4) is 0 Å². The Balaban J connectivity index is 2.45. The quantitative estimate of drug-likeness (QED) is 0.884. The van der Waals surface area contributed by atoms with Gasteiger partial charge < -0.3 is 5.32 Å². The van der Waals surface area contributed by atoms with Crippen molar-refractivity contribution in [3.8, 4) is 0 Å². The van der Waals surface area contributed by atoms with Crippen LogP contribution in [-0.2, 0) is 7.05 Å². The number of aromatic nitrogens is 3. The second kappa shape index (κ2) is 4.63. The van der Waals surface area contributed by atoms with E-state index in [9.17, 15) is 0 Å². The zero-order valence-electron chi connectivity index (χ0n) is 9.18. The first-order chi connectivity index (χ1) is 7.74. The summed E-state index contributed by atoms with van der Waals surface area (Å²) in [6.45, 7) is 0. The molecule has 4 nitrogen and oxygen atoms in total. The van der Waals surface area contributed by atoms with Gasteiger partial charge >= 0.3 is 0 Å². The SMILES string of the molecule is CNC(c1ccncc1Cl)c1ccnn1C. The Hall–Kier alpha value is -1.39. The van der Waals surface area contributed by atoms with Gasteiger partial charge in [0, 0.05) is 25.6 Å². The zero-order valence-corrected chi connectivity index (χ0v) is 9.94. The highest BCUT2D eigenvalue weighted by molar-refractivity contribution is 6.31. The lowest BCUT2D eigenvalue weighted by molar-refractivity contribution is 0.605. The maximum Gasteiger partial charge on any atom is 0.0761 e. The Kier molecular flexibility index (Phi) is 3.22. The maximum atomic E-state index is 6.13. The van der Waals surface area contributed by atoms with E-state index < -0.39 is 0 Å². The molecule has 1 N–H and O–H groups in total. The van der Waals surface area contributed by atoms with Gasteiger partial charge in [-0.05, 0) is 24.7 Å². The van der Waals surface area contributed by atoms with Crippen LogP contribution in [0.25, 0.3) is 0 Å². The van der Waals surface area contributed by atoms with Crippen molar-refractivity contribution in [2.45, 2.75) is 6.04 Å². The molecular weight excluding hydrogens is 224 g/mol. The molecular formula is C11H13ClN4. The number of hydrogen-bond donors (Lipinski definition) is 1.